The fourth-order valence-corrected chi connectivity index (χ4v) is 1.65. The molecule has 2 unspecified atom stereocenters. The van der Waals surface area contributed by atoms with Gasteiger partial charge in [-0.3, -0.25) is 0 Å². The van der Waals surface area contributed by atoms with Crippen molar-refractivity contribution in [3.63, 3.8) is 0 Å². The molecule has 5 heteroatoms. The van der Waals surface area contributed by atoms with Gasteiger partial charge in [-0.05, 0) is 6.92 Å². The molecule has 0 aromatic carbocycles. The van der Waals surface area contributed by atoms with Gasteiger partial charge in [0.1, 0.15) is 11.1 Å². The van der Waals surface area contributed by atoms with E-state index in [2.05, 4.69) is 4.98 Å². The number of aliphatic hydroxyl groups excluding tert-OH is 2. The Balaban J connectivity index is 2.70. The van der Waals surface area contributed by atoms with Gasteiger partial charge in [0.15, 0.2) is 0 Å². The second-order valence-corrected chi connectivity index (χ2v) is 3.51. The monoisotopic (exact) mass is 188 g/mol. The van der Waals surface area contributed by atoms with Crippen molar-refractivity contribution in [1.29, 1.82) is 0 Å². The van der Waals surface area contributed by atoms with Crippen LogP contribution in [0.25, 0.3) is 0 Å². The van der Waals surface area contributed by atoms with Crippen LogP contribution in [0.15, 0.2) is 5.38 Å². The Hall–Kier alpha value is -0.490. The van der Waals surface area contributed by atoms with Crippen LogP contribution in [-0.4, -0.2) is 27.8 Å². The number of hydrogen-bond acceptors (Lipinski definition) is 5. The molecule has 0 amide bonds. The molecule has 4 N–H and O–H groups in total. The largest absolute Gasteiger partial charge is 0.395 e. The third-order valence-corrected chi connectivity index (χ3v) is 2.54. The molecule has 0 aliphatic rings. The van der Waals surface area contributed by atoms with Crippen LogP contribution in [0.1, 0.15) is 16.8 Å². The Morgan fingerprint density at radius 3 is 2.83 bits per heavy atom. The lowest BCUT2D eigenvalue weighted by Crippen LogP contribution is -2.31. The fraction of sp³-hybridized carbons (Fsp3) is 0.571. The molecule has 0 saturated heterocycles. The maximum Gasteiger partial charge on any atom is 0.123 e. The maximum atomic E-state index is 9.47. The highest BCUT2D eigenvalue weighted by atomic mass is 32.1. The number of hydrogen-bond donors (Lipinski definition) is 3. The average molecular weight is 188 g/mol. The molecular formula is C7H12N2O2S. The Labute approximate surface area is 74.7 Å². The van der Waals surface area contributed by atoms with Crippen LogP contribution in [0.3, 0.4) is 0 Å². The molecule has 1 aromatic heterocycles. The second-order valence-electron chi connectivity index (χ2n) is 2.62. The van der Waals surface area contributed by atoms with Crippen LogP contribution in [0.5, 0.6) is 0 Å². The summed E-state index contributed by atoms with van der Waals surface area (Å²) in [6, 6.07) is -0.643. The zero-order chi connectivity index (χ0) is 9.14. The Morgan fingerprint density at radius 2 is 2.42 bits per heavy atom. The van der Waals surface area contributed by atoms with Gasteiger partial charge in [0.25, 0.3) is 0 Å². The molecule has 12 heavy (non-hydrogen) atoms. The molecule has 0 bridgehead atoms. The lowest BCUT2D eigenvalue weighted by Gasteiger charge is -2.13. The molecule has 2 atom stereocenters. The van der Waals surface area contributed by atoms with Gasteiger partial charge in [0.05, 0.1) is 12.6 Å². The molecular weight excluding hydrogens is 176 g/mol. The zero-order valence-electron chi connectivity index (χ0n) is 6.77. The third-order valence-electron chi connectivity index (χ3n) is 1.51. The summed E-state index contributed by atoms with van der Waals surface area (Å²) in [6.07, 6.45) is -0.853. The summed E-state index contributed by atoms with van der Waals surface area (Å²) in [7, 11) is 0. The van der Waals surface area contributed by atoms with E-state index in [0.29, 0.717) is 5.01 Å². The van der Waals surface area contributed by atoms with Crippen molar-refractivity contribution in [2.24, 2.45) is 5.73 Å². The van der Waals surface area contributed by atoms with Gasteiger partial charge in [0, 0.05) is 11.1 Å². The molecule has 1 rings (SSSR count). The smallest absolute Gasteiger partial charge is 0.123 e. The number of rotatable bonds is 3. The SMILES string of the molecule is Cc1csc(C(O)C(N)CO)n1. The minimum atomic E-state index is -0.853. The molecule has 1 heterocycles. The first-order chi connectivity index (χ1) is 5.65. The normalized spacial score (nSPS) is 16.0. The molecule has 0 radical (unpaired) electrons. The molecule has 68 valence electrons. The Morgan fingerprint density at radius 1 is 1.75 bits per heavy atom. The van der Waals surface area contributed by atoms with Gasteiger partial charge in [-0.25, -0.2) is 4.98 Å². The van der Waals surface area contributed by atoms with Crippen LogP contribution in [0, 0.1) is 6.92 Å². The van der Waals surface area contributed by atoms with E-state index in [1.165, 1.54) is 11.3 Å². The number of aryl methyl sites for hydroxylation is 1. The summed E-state index contributed by atoms with van der Waals surface area (Å²) in [6.45, 7) is 1.61. The van der Waals surface area contributed by atoms with Crippen molar-refractivity contribution in [2.75, 3.05) is 6.61 Å². The number of aromatic nitrogens is 1. The third kappa shape index (κ3) is 2.01. The van der Waals surface area contributed by atoms with E-state index in [1.807, 2.05) is 12.3 Å². The lowest BCUT2D eigenvalue weighted by atomic mass is 10.2. The number of nitrogens with two attached hydrogens (primary N) is 1. The average Bonchev–Trinajstić information content (AvgIpc) is 2.49. The Kier molecular flexibility index (Phi) is 3.16. The van der Waals surface area contributed by atoms with Gasteiger partial charge in [-0.15, -0.1) is 11.3 Å². The maximum absolute atomic E-state index is 9.47. The van der Waals surface area contributed by atoms with Crippen molar-refractivity contribution >= 4 is 11.3 Å². The summed E-state index contributed by atoms with van der Waals surface area (Å²) < 4.78 is 0. The highest BCUT2D eigenvalue weighted by Crippen LogP contribution is 2.19. The second kappa shape index (κ2) is 3.95. The molecule has 0 aliphatic carbocycles. The van der Waals surface area contributed by atoms with Crippen LogP contribution in [0.2, 0.25) is 0 Å². The minimum Gasteiger partial charge on any atom is -0.395 e. The summed E-state index contributed by atoms with van der Waals surface area (Å²) in [4.78, 5) is 4.06. The lowest BCUT2D eigenvalue weighted by molar-refractivity contribution is 0.109. The highest BCUT2D eigenvalue weighted by Gasteiger charge is 2.18. The van der Waals surface area contributed by atoms with Gasteiger partial charge < -0.3 is 15.9 Å². The van der Waals surface area contributed by atoms with Crippen molar-refractivity contribution in [2.45, 2.75) is 19.1 Å². The first-order valence-corrected chi connectivity index (χ1v) is 4.49. The molecule has 1 aromatic rings. The molecule has 0 spiro atoms. The summed E-state index contributed by atoms with van der Waals surface area (Å²) in [5.41, 5.74) is 6.28. The van der Waals surface area contributed by atoms with Gasteiger partial charge >= 0.3 is 0 Å². The predicted octanol–water partition coefficient (Wildman–Crippen LogP) is -0.195. The zero-order valence-corrected chi connectivity index (χ0v) is 7.58. The van der Waals surface area contributed by atoms with Crippen molar-refractivity contribution in [3.05, 3.63) is 16.1 Å². The van der Waals surface area contributed by atoms with Crippen LogP contribution < -0.4 is 5.73 Å². The van der Waals surface area contributed by atoms with E-state index in [-0.39, 0.29) is 6.61 Å². The highest BCUT2D eigenvalue weighted by molar-refractivity contribution is 7.09. The minimum absolute atomic E-state index is 0.236. The van der Waals surface area contributed by atoms with Gasteiger partial charge in [-0.2, -0.15) is 0 Å². The number of nitrogens with zero attached hydrogens (tertiary/aromatic N) is 1. The number of thiazole rings is 1. The molecule has 0 saturated carbocycles. The van der Waals surface area contributed by atoms with E-state index in [9.17, 15) is 5.11 Å². The first-order valence-electron chi connectivity index (χ1n) is 3.61. The van der Waals surface area contributed by atoms with Crippen molar-refractivity contribution in [1.82, 2.24) is 4.98 Å². The van der Waals surface area contributed by atoms with Crippen molar-refractivity contribution in [3.8, 4) is 0 Å². The summed E-state index contributed by atoms with van der Waals surface area (Å²) in [5.74, 6) is 0. The predicted molar refractivity (Wildman–Crippen MR) is 46.9 cm³/mol. The van der Waals surface area contributed by atoms with E-state index in [1.54, 1.807) is 0 Å². The standard InChI is InChI=1S/C7H12N2O2S/c1-4-3-12-7(9-4)6(11)5(8)2-10/h3,5-6,10-11H,2,8H2,1H3. The van der Waals surface area contributed by atoms with E-state index in [0.717, 1.165) is 5.69 Å². The van der Waals surface area contributed by atoms with Crippen molar-refractivity contribution < 1.29 is 10.2 Å². The summed E-state index contributed by atoms with van der Waals surface area (Å²) >= 11 is 1.35. The molecule has 0 aliphatic heterocycles. The van der Waals surface area contributed by atoms with E-state index >= 15 is 0 Å². The molecule has 0 fully saturated rings. The van der Waals surface area contributed by atoms with Crippen LogP contribution in [0.4, 0.5) is 0 Å². The summed E-state index contributed by atoms with van der Waals surface area (Å²) in [5, 5.41) is 20.5. The van der Waals surface area contributed by atoms with E-state index < -0.39 is 12.1 Å². The van der Waals surface area contributed by atoms with Gasteiger partial charge in [-0.1, -0.05) is 0 Å². The fourth-order valence-electron chi connectivity index (χ4n) is 0.791. The van der Waals surface area contributed by atoms with Crippen LogP contribution in [-0.2, 0) is 0 Å². The number of aliphatic hydroxyl groups is 2. The topological polar surface area (TPSA) is 79.4 Å². The first kappa shape index (κ1) is 9.60. The van der Waals surface area contributed by atoms with Gasteiger partial charge in [0.2, 0.25) is 0 Å². The molecule has 4 nitrogen and oxygen atoms in total. The van der Waals surface area contributed by atoms with E-state index in [4.69, 9.17) is 10.8 Å². The quantitative estimate of drug-likeness (QED) is 0.614. The Bertz CT molecular complexity index is 251. The van der Waals surface area contributed by atoms with Crippen LogP contribution >= 0.6 is 11.3 Å².